The predicted octanol–water partition coefficient (Wildman–Crippen LogP) is 3.36. The molecule has 0 spiro atoms. The van der Waals surface area contributed by atoms with Crippen molar-refractivity contribution in [2.24, 2.45) is 0 Å². The van der Waals surface area contributed by atoms with E-state index in [2.05, 4.69) is 9.97 Å². The summed E-state index contributed by atoms with van der Waals surface area (Å²) in [5.41, 5.74) is 2.33. The van der Waals surface area contributed by atoms with Gasteiger partial charge in [-0.25, -0.2) is 0 Å². The quantitative estimate of drug-likeness (QED) is 0.692. The van der Waals surface area contributed by atoms with Crippen molar-refractivity contribution in [2.45, 2.75) is 0 Å². The molecule has 2 N–H and O–H groups in total. The number of nitrogens with one attached hydrogen (secondary N) is 1. The van der Waals surface area contributed by atoms with Crippen molar-refractivity contribution in [3.63, 3.8) is 0 Å². The van der Waals surface area contributed by atoms with Crippen LogP contribution in [0.1, 0.15) is 0 Å². The number of fused-ring (bicyclic) bond motifs is 1. The van der Waals surface area contributed by atoms with E-state index in [0.717, 1.165) is 16.6 Å². The Morgan fingerprint density at radius 1 is 1.00 bits per heavy atom. The molecule has 0 aliphatic heterocycles. The Bertz CT molecular complexity index is 634. The van der Waals surface area contributed by atoms with Crippen LogP contribution in [0.4, 0.5) is 0 Å². The Morgan fingerprint density at radius 2 is 1.76 bits per heavy atom. The lowest BCUT2D eigenvalue weighted by atomic mass is 10.2. The van der Waals surface area contributed by atoms with Crippen molar-refractivity contribution >= 4 is 23.3 Å². The van der Waals surface area contributed by atoms with Gasteiger partial charge in [0, 0.05) is 17.1 Å². The molecule has 2 aromatic heterocycles. The van der Waals surface area contributed by atoms with Crippen molar-refractivity contribution in [1.82, 2.24) is 9.97 Å². The molecule has 0 bridgehead atoms. The summed E-state index contributed by atoms with van der Waals surface area (Å²) in [5.74, 6) is 0.259. The first kappa shape index (κ1) is 11.5. The highest BCUT2D eigenvalue weighted by Crippen LogP contribution is 2.34. The van der Waals surface area contributed by atoms with Crippen LogP contribution < -0.4 is 0 Å². The van der Waals surface area contributed by atoms with E-state index in [1.807, 2.05) is 42.5 Å². The summed E-state index contributed by atoms with van der Waals surface area (Å²) < 4.78 is 0. The van der Waals surface area contributed by atoms with Crippen LogP contribution in [0.5, 0.6) is 5.75 Å². The topological polar surface area (TPSA) is 48.9 Å². The SMILES string of the molecule is Cl.Oc1c(-c2ccccn2)[nH]c2ccccc12. The van der Waals surface area contributed by atoms with E-state index in [0.29, 0.717) is 5.69 Å². The van der Waals surface area contributed by atoms with E-state index in [9.17, 15) is 5.11 Å². The van der Waals surface area contributed by atoms with Gasteiger partial charge in [0.2, 0.25) is 0 Å². The van der Waals surface area contributed by atoms with Crippen molar-refractivity contribution in [3.8, 4) is 17.1 Å². The van der Waals surface area contributed by atoms with Gasteiger partial charge in [-0.05, 0) is 24.3 Å². The summed E-state index contributed by atoms with van der Waals surface area (Å²) in [5, 5.41) is 10.9. The molecule has 0 amide bonds. The van der Waals surface area contributed by atoms with Gasteiger partial charge in [0.15, 0.2) is 5.75 Å². The van der Waals surface area contributed by atoms with Crippen molar-refractivity contribution in [3.05, 3.63) is 48.7 Å². The summed E-state index contributed by atoms with van der Waals surface area (Å²) in [6, 6.07) is 13.3. The minimum absolute atomic E-state index is 0. The van der Waals surface area contributed by atoms with Crippen LogP contribution in [0.25, 0.3) is 22.3 Å². The van der Waals surface area contributed by atoms with Gasteiger partial charge in [0.25, 0.3) is 0 Å². The zero-order valence-electron chi connectivity index (χ0n) is 8.92. The van der Waals surface area contributed by atoms with Crippen LogP contribution in [0.15, 0.2) is 48.7 Å². The number of halogens is 1. The standard InChI is InChI=1S/C13H10N2O.ClH/c16-13-9-5-1-2-6-10(9)15-12(13)11-7-3-4-8-14-11;/h1-8,15-16H;1H. The number of rotatable bonds is 1. The molecule has 0 aliphatic carbocycles. The summed E-state index contributed by atoms with van der Waals surface area (Å²) in [6.07, 6.45) is 1.71. The highest BCUT2D eigenvalue weighted by atomic mass is 35.5. The summed E-state index contributed by atoms with van der Waals surface area (Å²) in [7, 11) is 0. The molecule has 0 fully saturated rings. The molecule has 1 aromatic carbocycles. The number of pyridine rings is 1. The smallest absolute Gasteiger partial charge is 0.150 e. The fourth-order valence-electron chi connectivity index (χ4n) is 1.82. The molecule has 0 saturated heterocycles. The fourth-order valence-corrected chi connectivity index (χ4v) is 1.82. The van der Waals surface area contributed by atoms with Crippen LogP contribution in [0.3, 0.4) is 0 Å². The van der Waals surface area contributed by atoms with Gasteiger partial charge in [0.05, 0.1) is 5.69 Å². The molecule has 3 nitrogen and oxygen atoms in total. The lowest BCUT2D eigenvalue weighted by molar-refractivity contribution is 0.483. The highest BCUT2D eigenvalue weighted by molar-refractivity contribution is 5.93. The number of nitrogens with zero attached hydrogens (tertiary/aromatic N) is 1. The van der Waals surface area contributed by atoms with Gasteiger partial charge in [-0.2, -0.15) is 0 Å². The largest absolute Gasteiger partial charge is 0.505 e. The fraction of sp³-hybridized carbons (Fsp3) is 0. The maximum atomic E-state index is 10.1. The van der Waals surface area contributed by atoms with Crippen molar-refractivity contribution < 1.29 is 5.11 Å². The van der Waals surface area contributed by atoms with Crippen LogP contribution in [0.2, 0.25) is 0 Å². The first-order valence-corrected chi connectivity index (χ1v) is 5.07. The Kier molecular flexibility index (Phi) is 3.02. The maximum Gasteiger partial charge on any atom is 0.150 e. The third kappa shape index (κ3) is 1.85. The molecule has 0 radical (unpaired) electrons. The molecule has 0 unspecified atom stereocenters. The van der Waals surface area contributed by atoms with Gasteiger partial charge in [-0.15, -0.1) is 12.4 Å². The summed E-state index contributed by atoms with van der Waals surface area (Å²) >= 11 is 0. The van der Waals surface area contributed by atoms with E-state index in [1.54, 1.807) is 6.20 Å². The van der Waals surface area contributed by atoms with Crippen LogP contribution in [0, 0.1) is 0 Å². The number of para-hydroxylation sites is 1. The molecular weight excluding hydrogens is 236 g/mol. The average Bonchev–Trinajstić information content (AvgIpc) is 2.69. The zero-order valence-corrected chi connectivity index (χ0v) is 9.74. The Balaban J connectivity index is 0.00000108. The monoisotopic (exact) mass is 246 g/mol. The van der Waals surface area contributed by atoms with E-state index < -0.39 is 0 Å². The number of H-pyrrole nitrogens is 1. The highest BCUT2D eigenvalue weighted by Gasteiger charge is 2.11. The summed E-state index contributed by atoms with van der Waals surface area (Å²) in [6.45, 7) is 0. The Hall–Kier alpha value is -2.00. The lowest BCUT2D eigenvalue weighted by Crippen LogP contribution is -1.81. The number of aromatic nitrogens is 2. The average molecular weight is 247 g/mol. The summed E-state index contributed by atoms with van der Waals surface area (Å²) in [4.78, 5) is 7.38. The lowest BCUT2D eigenvalue weighted by Gasteiger charge is -1.96. The van der Waals surface area contributed by atoms with Gasteiger partial charge in [0.1, 0.15) is 5.69 Å². The van der Waals surface area contributed by atoms with E-state index in [4.69, 9.17) is 0 Å². The second-order valence-electron chi connectivity index (χ2n) is 3.61. The van der Waals surface area contributed by atoms with E-state index in [-0.39, 0.29) is 18.2 Å². The van der Waals surface area contributed by atoms with Gasteiger partial charge < -0.3 is 10.1 Å². The molecule has 0 saturated carbocycles. The van der Waals surface area contributed by atoms with Gasteiger partial charge >= 0.3 is 0 Å². The third-order valence-corrected chi connectivity index (χ3v) is 2.60. The number of aromatic amines is 1. The normalized spacial score (nSPS) is 10.1. The number of benzene rings is 1. The second-order valence-corrected chi connectivity index (χ2v) is 3.61. The minimum Gasteiger partial charge on any atom is -0.505 e. The molecule has 0 atom stereocenters. The van der Waals surface area contributed by atoms with Gasteiger partial charge in [-0.1, -0.05) is 18.2 Å². The molecule has 86 valence electrons. The Labute approximate surface area is 105 Å². The van der Waals surface area contributed by atoms with Crippen LogP contribution >= 0.6 is 12.4 Å². The molecule has 3 rings (SSSR count). The zero-order chi connectivity index (χ0) is 11.0. The predicted molar refractivity (Wildman–Crippen MR) is 70.4 cm³/mol. The molecule has 2 heterocycles. The number of hydrogen-bond donors (Lipinski definition) is 2. The molecule has 0 aliphatic rings. The van der Waals surface area contributed by atoms with E-state index >= 15 is 0 Å². The van der Waals surface area contributed by atoms with Crippen LogP contribution in [-0.2, 0) is 0 Å². The number of hydrogen-bond acceptors (Lipinski definition) is 2. The second kappa shape index (κ2) is 4.47. The van der Waals surface area contributed by atoms with E-state index in [1.165, 1.54) is 0 Å². The van der Waals surface area contributed by atoms with Crippen molar-refractivity contribution in [2.75, 3.05) is 0 Å². The minimum atomic E-state index is 0. The molecule has 17 heavy (non-hydrogen) atoms. The first-order chi connectivity index (χ1) is 7.86. The molecule has 4 heteroatoms. The number of aromatic hydroxyl groups is 1. The van der Waals surface area contributed by atoms with Crippen molar-refractivity contribution in [1.29, 1.82) is 0 Å². The molecule has 3 aromatic rings. The van der Waals surface area contributed by atoms with Crippen LogP contribution in [-0.4, -0.2) is 15.1 Å². The first-order valence-electron chi connectivity index (χ1n) is 5.07. The maximum absolute atomic E-state index is 10.1. The third-order valence-electron chi connectivity index (χ3n) is 2.60. The van der Waals surface area contributed by atoms with Gasteiger partial charge in [-0.3, -0.25) is 4.98 Å². The Morgan fingerprint density at radius 3 is 2.47 bits per heavy atom. The molecular formula is C13H11ClN2O.